The van der Waals surface area contributed by atoms with E-state index in [1.807, 2.05) is 0 Å². The average molecular weight is 272 g/mol. The molecular formula is C13H12ClF2NO. The zero-order valence-electron chi connectivity index (χ0n) is 9.40. The van der Waals surface area contributed by atoms with Gasteiger partial charge in [0.2, 0.25) is 5.82 Å². The van der Waals surface area contributed by atoms with Gasteiger partial charge < -0.3 is 10.5 Å². The quantitative estimate of drug-likeness (QED) is 0.925. The average Bonchev–Trinajstić information content (AvgIpc) is 2.36. The SMILES string of the molecule is Cl.NCc1ccc(Oc2cccc(F)c2F)cc1. The predicted molar refractivity (Wildman–Crippen MR) is 68.0 cm³/mol. The van der Waals surface area contributed by atoms with Gasteiger partial charge in [-0.1, -0.05) is 18.2 Å². The van der Waals surface area contributed by atoms with Gasteiger partial charge in [-0.05, 0) is 29.8 Å². The van der Waals surface area contributed by atoms with Crippen LogP contribution in [0.25, 0.3) is 0 Å². The molecule has 0 aliphatic heterocycles. The van der Waals surface area contributed by atoms with Crippen molar-refractivity contribution in [3.63, 3.8) is 0 Å². The molecule has 2 aromatic carbocycles. The van der Waals surface area contributed by atoms with Gasteiger partial charge in [-0.15, -0.1) is 12.4 Å². The molecule has 2 N–H and O–H groups in total. The third kappa shape index (κ3) is 3.18. The van der Waals surface area contributed by atoms with Crippen LogP contribution in [0.1, 0.15) is 5.56 Å². The molecule has 2 aromatic rings. The van der Waals surface area contributed by atoms with Crippen molar-refractivity contribution in [1.82, 2.24) is 0 Å². The van der Waals surface area contributed by atoms with Crippen LogP contribution in [0.4, 0.5) is 8.78 Å². The Labute approximate surface area is 110 Å². The summed E-state index contributed by atoms with van der Waals surface area (Å²) in [4.78, 5) is 0. The minimum absolute atomic E-state index is 0. The largest absolute Gasteiger partial charge is 0.454 e. The first-order chi connectivity index (χ1) is 8.20. The highest BCUT2D eigenvalue weighted by Crippen LogP contribution is 2.25. The Morgan fingerprint density at radius 3 is 2.28 bits per heavy atom. The van der Waals surface area contributed by atoms with Gasteiger partial charge in [-0.3, -0.25) is 0 Å². The molecule has 0 aliphatic carbocycles. The highest BCUT2D eigenvalue weighted by atomic mass is 35.5. The Balaban J connectivity index is 0.00000162. The molecule has 0 unspecified atom stereocenters. The fraction of sp³-hybridized carbons (Fsp3) is 0.0769. The van der Waals surface area contributed by atoms with Crippen LogP contribution in [0.5, 0.6) is 11.5 Å². The summed E-state index contributed by atoms with van der Waals surface area (Å²) in [5, 5.41) is 0. The van der Waals surface area contributed by atoms with Crippen molar-refractivity contribution >= 4 is 12.4 Å². The van der Waals surface area contributed by atoms with Gasteiger partial charge >= 0.3 is 0 Å². The second kappa shape index (κ2) is 6.33. The standard InChI is InChI=1S/C13H11F2NO.ClH/c14-11-2-1-3-12(13(11)15)17-10-6-4-9(8-16)5-7-10;/h1-7H,8,16H2;1H. The lowest BCUT2D eigenvalue weighted by Crippen LogP contribution is -1.96. The van der Waals surface area contributed by atoms with Crippen LogP contribution in [-0.2, 0) is 6.54 Å². The van der Waals surface area contributed by atoms with Crippen LogP contribution < -0.4 is 10.5 Å². The van der Waals surface area contributed by atoms with Crippen LogP contribution in [0.3, 0.4) is 0 Å². The smallest absolute Gasteiger partial charge is 0.201 e. The third-order valence-electron chi connectivity index (χ3n) is 2.30. The normalized spacial score (nSPS) is 9.72. The second-order valence-corrected chi connectivity index (χ2v) is 3.50. The molecule has 0 saturated heterocycles. The van der Waals surface area contributed by atoms with E-state index < -0.39 is 11.6 Å². The molecule has 96 valence electrons. The van der Waals surface area contributed by atoms with Gasteiger partial charge in [0.05, 0.1) is 0 Å². The summed E-state index contributed by atoms with van der Waals surface area (Å²) < 4.78 is 31.5. The number of halogens is 3. The number of rotatable bonds is 3. The van der Waals surface area contributed by atoms with Crippen LogP contribution in [0, 0.1) is 11.6 Å². The Kier molecular flexibility index (Phi) is 5.07. The number of nitrogens with two attached hydrogens (primary N) is 1. The van der Waals surface area contributed by atoms with Crippen molar-refractivity contribution < 1.29 is 13.5 Å². The summed E-state index contributed by atoms with van der Waals surface area (Å²) in [6, 6.07) is 10.7. The van der Waals surface area contributed by atoms with E-state index in [9.17, 15) is 8.78 Å². The Hall–Kier alpha value is -1.65. The van der Waals surface area contributed by atoms with Crippen LogP contribution >= 0.6 is 12.4 Å². The molecule has 0 aliphatic rings. The monoisotopic (exact) mass is 271 g/mol. The van der Waals surface area contributed by atoms with Crippen molar-refractivity contribution in [2.24, 2.45) is 5.73 Å². The molecule has 0 amide bonds. The summed E-state index contributed by atoms with van der Waals surface area (Å²) in [5.74, 6) is -1.62. The lowest BCUT2D eigenvalue weighted by molar-refractivity contribution is 0.416. The van der Waals surface area contributed by atoms with E-state index in [4.69, 9.17) is 10.5 Å². The first-order valence-corrected chi connectivity index (χ1v) is 5.11. The van der Waals surface area contributed by atoms with E-state index in [2.05, 4.69) is 0 Å². The maximum atomic E-state index is 13.3. The van der Waals surface area contributed by atoms with Gasteiger partial charge in [0.1, 0.15) is 5.75 Å². The summed E-state index contributed by atoms with van der Waals surface area (Å²) in [7, 11) is 0. The van der Waals surface area contributed by atoms with Crippen molar-refractivity contribution in [2.75, 3.05) is 0 Å². The van der Waals surface area contributed by atoms with Crippen molar-refractivity contribution in [2.45, 2.75) is 6.54 Å². The highest BCUT2D eigenvalue weighted by molar-refractivity contribution is 5.85. The molecule has 0 fully saturated rings. The molecule has 0 saturated carbocycles. The van der Waals surface area contributed by atoms with Gasteiger partial charge in [0.15, 0.2) is 11.6 Å². The summed E-state index contributed by atoms with van der Waals surface area (Å²) in [6.07, 6.45) is 0. The van der Waals surface area contributed by atoms with E-state index in [0.717, 1.165) is 11.6 Å². The first kappa shape index (κ1) is 14.4. The number of hydrogen-bond acceptors (Lipinski definition) is 2. The predicted octanol–water partition coefficient (Wildman–Crippen LogP) is 3.64. The molecule has 0 bridgehead atoms. The Bertz CT molecular complexity index is 517. The molecule has 0 atom stereocenters. The fourth-order valence-corrected chi connectivity index (χ4v) is 1.38. The van der Waals surface area contributed by atoms with Crippen molar-refractivity contribution in [3.05, 3.63) is 59.7 Å². The lowest BCUT2D eigenvalue weighted by atomic mass is 10.2. The van der Waals surface area contributed by atoms with E-state index in [1.54, 1.807) is 24.3 Å². The Morgan fingerprint density at radius 1 is 1.00 bits per heavy atom. The summed E-state index contributed by atoms with van der Waals surface area (Å²) in [5.41, 5.74) is 6.39. The van der Waals surface area contributed by atoms with Crippen LogP contribution in [-0.4, -0.2) is 0 Å². The third-order valence-corrected chi connectivity index (χ3v) is 2.30. The minimum Gasteiger partial charge on any atom is -0.454 e. The fourth-order valence-electron chi connectivity index (χ4n) is 1.38. The summed E-state index contributed by atoms with van der Waals surface area (Å²) in [6.45, 7) is 0.425. The van der Waals surface area contributed by atoms with Gasteiger partial charge in [-0.25, -0.2) is 4.39 Å². The number of hydrogen-bond donors (Lipinski definition) is 1. The number of benzene rings is 2. The zero-order valence-corrected chi connectivity index (χ0v) is 10.2. The molecule has 0 heterocycles. The maximum absolute atomic E-state index is 13.3. The zero-order chi connectivity index (χ0) is 12.3. The first-order valence-electron chi connectivity index (χ1n) is 5.11. The number of ether oxygens (including phenoxy) is 1. The molecule has 0 radical (unpaired) electrons. The molecular weight excluding hydrogens is 260 g/mol. The molecule has 0 spiro atoms. The molecule has 0 aromatic heterocycles. The maximum Gasteiger partial charge on any atom is 0.201 e. The Morgan fingerprint density at radius 2 is 1.67 bits per heavy atom. The van der Waals surface area contributed by atoms with Gasteiger partial charge in [-0.2, -0.15) is 4.39 Å². The molecule has 2 rings (SSSR count). The van der Waals surface area contributed by atoms with Crippen LogP contribution in [0.15, 0.2) is 42.5 Å². The molecule has 2 nitrogen and oxygen atoms in total. The van der Waals surface area contributed by atoms with E-state index in [-0.39, 0.29) is 18.2 Å². The minimum atomic E-state index is -0.990. The van der Waals surface area contributed by atoms with E-state index in [0.29, 0.717) is 12.3 Å². The molecule has 18 heavy (non-hydrogen) atoms. The highest BCUT2D eigenvalue weighted by Gasteiger charge is 2.09. The van der Waals surface area contributed by atoms with Gasteiger partial charge in [0, 0.05) is 6.54 Å². The van der Waals surface area contributed by atoms with Crippen LogP contribution in [0.2, 0.25) is 0 Å². The van der Waals surface area contributed by atoms with E-state index >= 15 is 0 Å². The molecule has 5 heteroatoms. The second-order valence-electron chi connectivity index (χ2n) is 3.50. The lowest BCUT2D eigenvalue weighted by Gasteiger charge is -2.07. The topological polar surface area (TPSA) is 35.2 Å². The van der Waals surface area contributed by atoms with Crippen molar-refractivity contribution in [3.8, 4) is 11.5 Å². The summed E-state index contributed by atoms with van der Waals surface area (Å²) >= 11 is 0. The van der Waals surface area contributed by atoms with E-state index in [1.165, 1.54) is 12.1 Å². The van der Waals surface area contributed by atoms with Gasteiger partial charge in [0.25, 0.3) is 0 Å². The van der Waals surface area contributed by atoms with Crippen molar-refractivity contribution in [1.29, 1.82) is 0 Å².